The molecular weight excluding hydrogens is 130 g/mol. The molecule has 10 heavy (non-hydrogen) atoms. The molecule has 2 N–H and O–H groups in total. The van der Waals surface area contributed by atoms with Gasteiger partial charge in [0.15, 0.2) is 0 Å². The summed E-state index contributed by atoms with van der Waals surface area (Å²) < 4.78 is 0. The lowest BCUT2D eigenvalue weighted by atomic mass is 10.4. The lowest BCUT2D eigenvalue weighted by Gasteiger charge is -2.10. The van der Waals surface area contributed by atoms with Gasteiger partial charge in [-0.25, -0.2) is 0 Å². The fourth-order valence-electron chi connectivity index (χ4n) is 0.518. The van der Waals surface area contributed by atoms with Crippen molar-refractivity contribution >= 4 is 5.91 Å². The first kappa shape index (κ1) is 9.39. The smallest absolute Gasteiger partial charge is 0.221 e. The topological polar surface area (TPSA) is 44.4 Å². The molecule has 0 aromatic carbocycles. The monoisotopic (exact) mass is 145 g/mol. The van der Waals surface area contributed by atoms with Crippen molar-refractivity contribution in [3.63, 3.8) is 0 Å². The largest absolute Gasteiger partial charge is 0.359 e. The molecule has 0 aromatic heterocycles. The van der Waals surface area contributed by atoms with E-state index in [1.807, 2.05) is 19.1 Å². The summed E-state index contributed by atoms with van der Waals surface area (Å²) >= 11 is 0. The molecule has 1 amide bonds. The van der Waals surface area contributed by atoms with E-state index < -0.39 is 0 Å². The Kier molecular flexibility index (Phi) is 4.88. The lowest BCUT2D eigenvalue weighted by molar-refractivity contribution is -0.120. The maximum absolute atomic E-state index is 10.6. The van der Waals surface area contributed by atoms with Gasteiger partial charge >= 0.3 is 0 Å². The first-order valence-corrected chi connectivity index (χ1v) is 3.28. The second kappa shape index (κ2) is 5.20. The molecule has 0 aromatic rings. The van der Waals surface area contributed by atoms with Crippen molar-refractivity contribution in [1.29, 1.82) is 0 Å². The predicted octanol–water partition coefficient (Wildman–Crippen LogP) is -0.811. The lowest BCUT2D eigenvalue weighted by Crippen LogP contribution is -2.33. The highest BCUT2D eigenvalue weighted by Crippen LogP contribution is 1.75. The van der Waals surface area contributed by atoms with Crippen LogP contribution in [-0.2, 0) is 4.79 Å². The summed E-state index contributed by atoms with van der Waals surface area (Å²) in [4.78, 5) is 10.6. The molecule has 0 rings (SSSR count). The molecule has 0 saturated heterocycles. The highest BCUT2D eigenvalue weighted by Gasteiger charge is 1.95. The van der Waals surface area contributed by atoms with Crippen LogP contribution >= 0.6 is 0 Å². The van der Waals surface area contributed by atoms with E-state index in [0.29, 0.717) is 13.0 Å². The van der Waals surface area contributed by atoms with Crippen molar-refractivity contribution in [2.24, 2.45) is 0 Å². The minimum Gasteiger partial charge on any atom is -0.359 e. The Morgan fingerprint density at radius 2 is 2.10 bits per heavy atom. The van der Waals surface area contributed by atoms with E-state index in [4.69, 9.17) is 0 Å². The first-order valence-electron chi connectivity index (χ1n) is 3.28. The van der Waals surface area contributed by atoms with Crippen LogP contribution in [0.3, 0.4) is 0 Å². The van der Waals surface area contributed by atoms with Crippen LogP contribution in [-0.4, -0.2) is 38.6 Å². The molecule has 0 saturated carbocycles. The summed E-state index contributed by atoms with van der Waals surface area (Å²) in [5.41, 5.74) is 2.98. The Balaban J connectivity index is 3.12. The van der Waals surface area contributed by atoms with Gasteiger partial charge in [0.05, 0.1) is 0 Å². The molecule has 4 nitrogen and oxygen atoms in total. The third-order valence-electron chi connectivity index (χ3n) is 1.06. The fourth-order valence-corrected chi connectivity index (χ4v) is 0.518. The average molecular weight is 145 g/mol. The summed E-state index contributed by atoms with van der Waals surface area (Å²) in [6, 6.07) is 0. The van der Waals surface area contributed by atoms with Crippen LogP contribution in [0, 0.1) is 0 Å². The van der Waals surface area contributed by atoms with Crippen LogP contribution in [0.5, 0.6) is 0 Å². The summed E-state index contributed by atoms with van der Waals surface area (Å²) in [5, 5.41) is 4.36. The number of carbonyl (C=O) groups excluding carboxylic acids is 1. The molecule has 60 valence electrons. The van der Waals surface area contributed by atoms with Gasteiger partial charge in [-0.1, -0.05) is 0 Å². The quantitative estimate of drug-likeness (QED) is 0.508. The summed E-state index contributed by atoms with van der Waals surface area (Å²) in [6.45, 7) is 0.687. The third-order valence-corrected chi connectivity index (χ3v) is 1.06. The molecule has 0 aliphatic heterocycles. The Hall–Kier alpha value is -0.610. The molecule has 0 unspecified atom stereocenters. The zero-order chi connectivity index (χ0) is 7.98. The number of nitrogens with zero attached hydrogens (tertiary/aromatic N) is 1. The Morgan fingerprint density at radius 1 is 1.50 bits per heavy atom. The van der Waals surface area contributed by atoms with Crippen molar-refractivity contribution in [2.75, 3.05) is 27.7 Å². The molecule has 0 spiro atoms. The number of rotatable bonds is 4. The molecular formula is C6H15N3O. The zero-order valence-corrected chi connectivity index (χ0v) is 6.77. The second-order valence-corrected chi connectivity index (χ2v) is 2.23. The fraction of sp³-hybridized carbons (Fsp3) is 0.833. The Labute approximate surface area is 61.6 Å². The number of hydrogen-bond donors (Lipinski definition) is 2. The zero-order valence-electron chi connectivity index (χ0n) is 6.77. The number of amides is 1. The normalized spacial score (nSPS) is 10.0. The van der Waals surface area contributed by atoms with E-state index in [0.717, 1.165) is 0 Å². The molecule has 0 fully saturated rings. The highest BCUT2D eigenvalue weighted by atomic mass is 16.1. The number of nitrogens with one attached hydrogen (secondary N) is 2. The van der Waals surface area contributed by atoms with Crippen molar-refractivity contribution in [3.8, 4) is 0 Å². The summed E-state index contributed by atoms with van der Waals surface area (Å²) in [6.07, 6.45) is 0.522. The van der Waals surface area contributed by atoms with E-state index in [1.165, 1.54) is 0 Å². The molecule has 4 heteroatoms. The molecule has 0 radical (unpaired) electrons. The molecule has 0 bridgehead atoms. The van der Waals surface area contributed by atoms with Crippen LogP contribution in [0.15, 0.2) is 0 Å². The van der Waals surface area contributed by atoms with Crippen LogP contribution in [0.4, 0.5) is 0 Å². The maximum Gasteiger partial charge on any atom is 0.221 e. The van der Waals surface area contributed by atoms with Crippen molar-refractivity contribution in [3.05, 3.63) is 0 Å². The van der Waals surface area contributed by atoms with Crippen LogP contribution in [0.2, 0.25) is 0 Å². The molecule has 0 aliphatic rings. The predicted molar refractivity (Wildman–Crippen MR) is 40.4 cm³/mol. The van der Waals surface area contributed by atoms with Gasteiger partial charge in [-0.05, 0) is 0 Å². The number of hydrogen-bond acceptors (Lipinski definition) is 3. The molecule has 0 aliphatic carbocycles. The van der Waals surface area contributed by atoms with Gasteiger partial charge in [0.2, 0.25) is 5.91 Å². The Morgan fingerprint density at radius 3 is 2.50 bits per heavy atom. The summed E-state index contributed by atoms with van der Waals surface area (Å²) in [5.74, 6) is 0.0642. The standard InChI is InChI=1S/C6H15N3O/c1-7-6(10)4-5-8-9(2)3/h8H,4-5H2,1-3H3,(H,7,10). The van der Waals surface area contributed by atoms with E-state index >= 15 is 0 Å². The van der Waals surface area contributed by atoms with Crippen molar-refractivity contribution in [2.45, 2.75) is 6.42 Å². The molecule has 0 heterocycles. The van der Waals surface area contributed by atoms with Gasteiger partial charge < -0.3 is 5.32 Å². The highest BCUT2D eigenvalue weighted by molar-refractivity contribution is 5.75. The Bertz CT molecular complexity index is 103. The van der Waals surface area contributed by atoms with E-state index in [-0.39, 0.29) is 5.91 Å². The number of carbonyl (C=O) groups is 1. The SMILES string of the molecule is CNC(=O)CCNN(C)C. The van der Waals surface area contributed by atoms with E-state index in [1.54, 1.807) is 7.05 Å². The maximum atomic E-state index is 10.6. The minimum absolute atomic E-state index is 0.0642. The van der Waals surface area contributed by atoms with Gasteiger partial charge in [0, 0.05) is 34.1 Å². The van der Waals surface area contributed by atoms with Gasteiger partial charge in [0.25, 0.3) is 0 Å². The van der Waals surface area contributed by atoms with Gasteiger partial charge in [-0.2, -0.15) is 0 Å². The van der Waals surface area contributed by atoms with Gasteiger partial charge in [-0.15, -0.1) is 0 Å². The number of hydrazine groups is 1. The van der Waals surface area contributed by atoms with Crippen LogP contribution < -0.4 is 10.7 Å². The minimum atomic E-state index is 0.0642. The van der Waals surface area contributed by atoms with E-state index in [9.17, 15) is 4.79 Å². The van der Waals surface area contributed by atoms with Crippen molar-refractivity contribution < 1.29 is 4.79 Å². The first-order chi connectivity index (χ1) is 4.66. The van der Waals surface area contributed by atoms with Crippen LogP contribution in [0.25, 0.3) is 0 Å². The summed E-state index contributed by atoms with van der Waals surface area (Å²) in [7, 11) is 5.42. The van der Waals surface area contributed by atoms with E-state index in [2.05, 4.69) is 10.7 Å². The van der Waals surface area contributed by atoms with Crippen molar-refractivity contribution in [1.82, 2.24) is 15.8 Å². The third kappa shape index (κ3) is 5.53. The molecule has 0 atom stereocenters. The average Bonchev–Trinajstić information content (AvgIpc) is 1.87. The second-order valence-electron chi connectivity index (χ2n) is 2.23. The van der Waals surface area contributed by atoms with Gasteiger partial charge in [-0.3, -0.25) is 15.2 Å². The van der Waals surface area contributed by atoms with Crippen LogP contribution in [0.1, 0.15) is 6.42 Å². The van der Waals surface area contributed by atoms with Gasteiger partial charge in [0.1, 0.15) is 0 Å².